The van der Waals surface area contributed by atoms with Crippen LogP contribution in [-0.2, 0) is 4.79 Å². The average Bonchev–Trinajstić information content (AvgIpc) is 2.99. The molecule has 1 atom stereocenters. The van der Waals surface area contributed by atoms with Crippen LogP contribution >= 0.6 is 23.1 Å². The Balaban J connectivity index is 2.07. The molecule has 1 fully saturated rings. The molecule has 1 aliphatic rings. The molecule has 0 saturated carbocycles. The molecule has 1 amide bonds. The van der Waals surface area contributed by atoms with Crippen molar-refractivity contribution in [3.05, 3.63) is 40.9 Å². The zero-order chi connectivity index (χ0) is 13.4. The number of benzene rings is 1. The Hall–Kier alpha value is -1.54. The molecule has 2 aromatic rings. The Labute approximate surface area is 115 Å². The molecular weight excluding hydrogens is 292 g/mol. The van der Waals surface area contributed by atoms with Crippen molar-refractivity contribution in [2.45, 2.75) is 5.37 Å². The topological polar surface area (TPSA) is 46.1 Å². The Kier molecular flexibility index (Phi) is 3.19. The fraction of sp³-hybridized carbons (Fsp3) is 0.182. The highest BCUT2D eigenvalue weighted by Crippen LogP contribution is 2.43. The van der Waals surface area contributed by atoms with Crippen molar-refractivity contribution in [3.8, 4) is 0 Å². The minimum Gasteiger partial charge on any atom is -0.273 e. The summed E-state index contributed by atoms with van der Waals surface area (Å²) in [5.41, 5.74) is 1.36. The summed E-state index contributed by atoms with van der Waals surface area (Å²) in [4.78, 5) is 13.2. The van der Waals surface area contributed by atoms with Crippen molar-refractivity contribution in [2.75, 3.05) is 10.7 Å². The van der Waals surface area contributed by atoms with Crippen LogP contribution in [-0.4, -0.2) is 21.9 Å². The summed E-state index contributed by atoms with van der Waals surface area (Å²) in [6.07, 6.45) is 0. The highest BCUT2D eigenvalue weighted by molar-refractivity contribution is 8.00. The minimum atomic E-state index is -0.735. The van der Waals surface area contributed by atoms with Gasteiger partial charge in [-0.2, -0.15) is 0 Å². The molecule has 0 spiro atoms. The van der Waals surface area contributed by atoms with Gasteiger partial charge in [0.1, 0.15) is 22.5 Å². The minimum absolute atomic E-state index is 0.117. The molecule has 1 aliphatic heterocycles. The van der Waals surface area contributed by atoms with E-state index in [-0.39, 0.29) is 17.2 Å². The van der Waals surface area contributed by atoms with E-state index < -0.39 is 17.0 Å². The quantitative estimate of drug-likeness (QED) is 0.855. The molecule has 98 valence electrons. The number of hydrogen-bond donors (Lipinski definition) is 0. The van der Waals surface area contributed by atoms with Gasteiger partial charge in [-0.3, -0.25) is 9.69 Å². The maximum absolute atomic E-state index is 13.8. The molecule has 0 bridgehead atoms. The lowest BCUT2D eigenvalue weighted by Gasteiger charge is -2.21. The smallest absolute Gasteiger partial charge is 0.240 e. The first-order valence-electron chi connectivity index (χ1n) is 5.32. The Morgan fingerprint density at radius 1 is 1.32 bits per heavy atom. The fourth-order valence-corrected chi connectivity index (χ4v) is 3.73. The van der Waals surface area contributed by atoms with E-state index >= 15 is 0 Å². The van der Waals surface area contributed by atoms with Gasteiger partial charge in [0.15, 0.2) is 0 Å². The lowest BCUT2D eigenvalue weighted by Crippen LogP contribution is -2.28. The maximum atomic E-state index is 13.8. The van der Waals surface area contributed by atoms with Crippen molar-refractivity contribution in [3.63, 3.8) is 0 Å². The maximum Gasteiger partial charge on any atom is 0.240 e. The number of carbonyl (C=O) groups excluding carboxylic acids is 1. The monoisotopic (exact) mass is 299 g/mol. The molecule has 0 radical (unpaired) electrons. The predicted octanol–water partition coefficient (Wildman–Crippen LogP) is 2.59. The molecule has 2 heterocycles. The van der Waals surface area contributed by atoms with E-state index in [1.165, 1.54) is 40.4 Å². The molecule has 0 aliphatic carbocycles. The summed E-state index contributed by atoms with van der Waals surface area (Å²) in [7, 11) is 0. The summed E-state index contributed by atoms with van der Waals surface area (Å²) in [5, 5.41) is 7.07. The van der Waals surface area contributed by atoms with Gasteiger partial charge in [-0.15, -0.1) is 22.0 Å². The van der Waals surface area contributed by atoms with E-state index in [1.54, 1.807) is 0 Å². The number of hydrogen-bond acceptors (Lipinski definition) is 5. The second-order valence-electron chi connectivity index (χ2n) is 3.78. The van der Waals surface area contributed by atoms with E-state index in [9.17, 15) is 13.6 Å². The lowest BCUT2D eigenvalue weighted by molar-refractivity contribution is -0.115. The third kappa shape index (κ3) is 2.10. The van der Waals surface area contributed by atoms with Gasteiger partial charge >= 0.3 is 0 Å². The fourth-order valence-electron chi connectivity index (χ4n) is 1.86. The number of nitrogens with zero attached hydrogens (tertiary/aromatic N) is 3. The normalized spacial score (nSPS) is 19.2. The number of carbonyl (C=O) groups is 1. The molecular formula is C11H7F2N3OS2. The van der Waals surface area contributed by atoms with Gasteiger partial charge in [0.2, 0.25) is 11.0 Å². The van der Waals surface area contributed by atoms with Crippen molar-refractivity contribution >= 4 is 34.1 Å². The van der Waals surface area contributed by atoms with Gasteiger partial charge in [0, 0.05) is 0 Å². The van der Waals surface area contributed by atoms with Crippen LogP contribution in [0.15, 0.2) is 23.7 Å². The van der Waals surface area contributed by atoms with Crippen LogP contribution in [0.2, 0.25) is 0 Å². The van der Waals surface area contributed by atoms with Crippen LogP contribution in [0.1, 0.15) is 10.9 Å². The molecule has 1 aromatic carbocycles. The number of halogens is 2. The number of anilines is 1. The summed E-state index contributed by atoms with van der Waals surface area (Å²) in [6.45, 7) is 0. The first-order chi connectivity index (χ1) is 9.18. The summed E-state index contributed by atoms with van der Waals surface area (Å²) in [5.74, 6) is -1.39. The van der Waals surface area contributed by atoms with Crippen LogP contribution in [0, 0.1) is 11.6 Å². The first kappa shape index (κ1) is 12.5. The van der Waals surface area contributed by atoms with Crippen LogP contribution in [0.5, 0.6) is 0 Å². The molecule has 1 saturated heterocycles. The van der Waals surface area contributed by atoms with Crippen molar-refractivity contribution < 1.29 is 13.6 Å². The van der Waals surface area contributed by atoms with Crippen molar-refractivity contribution in [1.29, 1.82) is 0 Å². The van der Waals surface area contributed by atoms with Crippen molar-refractivity contribution in [2.24, 2.45) is 0 Å². The predicted molar refractivity (Wildman–Crippen MR) is 69.0 cm³/mol. The van der Waals surface area contributed by atoms with Gasteiger partial charge in [0.05, 0.1) is 11.3 Å². The Morgan fingerprint density at radius 3 is 2.68 bits per heavy atom. The number of amides is 1. The molecule has 4 nitrogen and oxygen atoms in total. The van der Waals surface area contributed by atoms with E-state index in [0.717, 1.165) is 11.3 Å². The second-order valence-corrected chi connectivity index (χ2v) is 5.66. The van der Waals surface area contributed by atoms with E-state index in [1.807, 2.05) is 0 Å². The molecule has 1 unspecified atom stereocenters. The van der Waals surface area contributed by atoms with Gasteiger partial charge in [-0.25, -0.2) is 8.78 Å². The lowest BCUT2D eigenvalue weighted by atomic mass is 10.2. The average molecular weight is 299 g/mol. The molecule has 19 heavy (non-hydrogen) atoms. The van der Waals surface area contributed by atoms with E-state index in [0.29, 0.717) is 5.13 Å². The standard InChI is InChI=1S/C11H7F2N3OS2/c12-6-2-1-3-7(13)9(6)10-16(8(17)4-18-10)11-15-14-5-19-11/h1-3,5,10H,4H2. The summed E-state index contributed by atoms with van der Waals surface area (Å²) in [6, 6.07) is 3.66. The zero-order valence-electron chi connectivity index (χ0n) is 9.42. The van der Waals surface area contributed by atoms with Crippen LogP contribution in [0.25, 0.3) is 0 Å². The van der Waals surface area contributed by atoms with Gasteiger partial charge < -0.3 is 0 Å². The largest absolute Gasteiger partial charge is 0.273 e. The Bertz CT molecular complexity index is 600. The molecule has 8 heteroatoms. The van der Waals surface area contributed by atoms with Crippen molar-refractivity contribution in [1.82, 2.24) is 10.2 Å². The summed E-state index contributed by atoms with van der Waals surface area (Å²) >= 11 is 2.33. The van der Waals surface area contributed by atoms with E-state index in [4.69, 9.17) is 0 Å². The van der Waals surface area contributed by atoms with Crippen LogP contribution in [0.4, 0.5) is 13.9 Å². The molecule has 0 N–H and O–H groups in total. The van der Waals surface area contributed by atoms with Crippen LogP contribution < -0.4 is 4.90 Å². The zero-order valence-corrected chi connectivity index (χ0v) is 11.0. The first-order valence-corrected chi connectivity index (χ1v) is 7.25. The highest BCUT2D eigenvalue weighted by Gasteiger charge is 2.38. The number of thioether (sulfide) groups is 1. The third-order valence-corrected chi connectivity index (χ3v) is 4.53. The SMILES string of the molecule is O=C1CSC(c2c(F)cccc2F)N1c1nncs1. The van der Waals surface area contributed by atoms with Gasteiger partial charge in [0.25, 0.3) is 0 Å². The second kappa shape index (κ2) is 4.86. The number of rotatable bonds is 2. The Morgan fingerprint density at radius 2 is 2.05 bits per heavy atom. The summed E-state index contributed by atoms with van der Waals surface area (Å²) < 4.78 is 27.6. The highest BCUT2D eigenvalue weighted by atomic mass is 32.2. The van der Waals surface area contributed by atoms with E-state index in [2.05, 4.69) is 10.2 Å². The van der Waals surface area contributed by atoms with Crippen LogP contribution in [0.3, 0.4) is 0 Å². The van der Waals surface area contributed by atoms with Gasteiger partial charge in [-0.1, -0.05) is 17.4 Å². The number of aromatic nitrogens is 2. The molecule has 1 aromatic heterocycles. The third-order valence-electron chi connectivity index (χ3n) is 2.67. The molecule has 3 rings (SSSR count). The van der Waals surface area contributed by atoms with Gasteiger partial charge in [-0.05, 0) is 12.1 Å².